The summed E-state index contributed by atoms with van der Waals surface area (Å²) in [6, 6.07) is 0. The Kier molecular flexibility index (Phi) is 4.43. The minimum Gasteiger partial charge on any atom is -0.389 e. The molecule has 0 saturated heterocycles. The third kappa shape index (κ3) is 3.28. The number of anilines is 1. The Bertz CT molecular complexity index is 413. The Hall–Kier alpha value is -1.45. The Morgan fingerprint density at radius 3 is 2.56 bits per heavy atom. The van der Waals surface area contributed by atoms with Gasteiger partial charge in [-0.05, 0) is 7.05 Å². The zero-order valence-electron chi connectivity index (χ0n) is 9.44. The lowest BCUT2D eigenvalue weighted by Gasteiger charge is -2.20. The summed E-state index contributed by atoms with van der Waals surface area (Å²) in [6.07, 6.45) is -7.19. The second-order valence-electron chi connectivity index (χ2n) is 3.60. The molecule has 1 rings (SSSR count). The molecule has 0 aromatic carbocycles. The standard InChI is InChI=1S/C9H13F3N4O2/c1-14-3-5(17)6(18)4-2-15-8(13)16-7(4)9(10,11)12/h2,5-6,14,17-18H,3H2,1H3,(H2,13,15,16). The first-order chi connectivity index (χ1) is 8.27. The fraction of sp³-hybridized carbons (Fsp3) is 0.556. The number of nitrogens with two attached hydrogens (primary N) is 1. The molecule has 6 nitrogen and oxygen atoms in total. The van der Waals surface area contributed by atoms with Gasteiger partial charge in [-0.25, -0.2) is 9.97 Å². The highest BCUT2D eigenvalue weighted by Gasteiger charge is 2.38. The van der Waals surface area contributed by atoms with Gasteiger partial charge in [-0.15, -0.1) is 0 Å². The van der Waals surface area contributed by atoms with E-state index in [1.807, 2.05) is 0 Å². The van der Waals surface area contributed by atoms with Crippen molar-refractivity contribution in [2.75, 3.05) is 19.3 Å². The molecule has 18 heavy (non-hydrogen) atoms. The zero-order chi connectivity index (χ0) is 13.9. The number of aliphatic hydroxyl groups is 2. The van der Waals surface area contributed by atoms with Crippen molar-refractivity contribution in [2.45, 2.75) is 18.4 Å². The molecular weight excluding hydrogens is 253 g/mol. The largest absolute Gasteiger partial charge is 0.433 e. The van der Waals surface area contributed by atoms with Crippen LogP contribution in [0.4, 0.5) is 19.1 Å². The lowest BCUT2D eigenvalue weighted by atomic mass is 10.0. The fourth-order valence-electron chi connectivity index (χ4n) is 1.38. The molecule has 2 unspecified atom stereocenters. The number of aromatic nitrogens is 2. The predicted molar refractivity (Wildman–Crippen MR) is 56.3 cm³/mol. The van der Waals surface area contributed by atoms with E-state index in [1.165, 1.54) is 7.05 Å². The van der Waals surface area contributed by atoms with E-state index >= 15 is 0 Å². The van der Waals surface area contributed by atoms with E-state index in [2.05, 4.69) is 15.3 Å². The summed E-state index contributed by atoms with van der Waals surface area (Å²) in [5, 5.41) is 21.6. The van der Waals surface area contributed by atoms with Crippen LogP contribution in [0.5, 0.6) is 0 Å². The topological polar surface area (TPSA) is 104 Å². The number of aliphatic hydroxyl groups excluding tert-OH is 2. The lowest BCUT2D eigenvalue weighted by Crippen LogP contribution is -2.31. The second kappa shape index (κ2) is 5.46. The normalized spacial score (nSPS) is 15.4. The van der Waals surface area contributed by atoms with E-state index in [1.54, 1.807) is 0 Å². The summed E-state index contributed by atoms with van der Waals surface area (Å²) >= 11 is 0. The molecule has 0 amide bonds. The molecule has 0 aliphatic rings. The Balaban J connectivity index is 3.15. The van der Waals surface area contributed by atoms with E-state index in [4.69, 9.17) is 5.73 Å². The Morgan fingerprint density at radius 1 is 1.44 bits per heavy atom. The quantitative estimate of drug-likeness (QED) is 0.596. The first kappa shape index (κ1) is 14.6. The van der Waals surface area contributed by atoms with Crippen LogP contribution in [0.2, 0.25) is 0 Å². The van der Waals surface area contributed by atoms with Crippen LogP contribution in [0.1, 0.15) is 17.4 Å². The van der Waals surface area contributed by atoms with E-state index in [0.29, 0.717) is 0 Å². The number of rotatable bonds is 4. The van der Waals surface area contributed by atoms with Crippen LogP contribution in [-0.4, -0.2) is 39.9 Å². The van der Waals surface area contributed by atoms with Gasteiger partial charge in [0.05, 0.1) is 6.10 Å². The van der Waals surface area contributed by atoms with E-state index in [9.17, 15) is 23.4 Å². The van der Waals surface area contributed by atoms with Gasteiger partial charge in [0.1, 0.15) is 6.10 Å². The first-order valence-electron chi connectivity index (χ1n) is 4.97. The molecule has 0 fully saturated rings. The van der Waals surface area contributed by atoms with Gasteiger partial charge in [-0.1, -0.05) is 0 Å². The zero-order valence-corrected chi connectivity index (χ0v) is 9.44. The molecule has 0 saturated carbocycles. The maximum atomic E-state index is 12.7. The van der Waals surface area contributed by atoms with Crippen LogP contribution in [0.25, 0.3) is 0 Å². The van der Waals surface area contributed by atoms with Gasteiger partial charge in [-0.3, -0.25) is 0 Å². The van der Waals surface area contributed by atoms with Crippen molar-refractivity contribution in [1.29, 1.82) is 0 Å². The van der Waals surface area contributed by atoms with Gasteiger partial charge >= 0.3 is 6.18 Å². The summed E-state index contributed by atoms with van der Waals surface area (Å²) in [7, 11) is 1.49. The van der Waals surface area contributed by atoms with Crippen molar-refractivity contribution in [3.8, 4) is 0 Å². The molecule has 0 radical (unpaired) electrons. The number of halogens is 3. The van der Waals surface area contributed by atoms with Crippen LogP contribution in [0.15, 0.2) is 6.20 Å². The number of nitrogens with zero attached hydrogens (tertiary/aromatic N) is 2. The smallest absolute Gasteiger partial charge is 0.389 e. The summed E-state index contributed by atoms with van der Waals surface area (Å²) < 4.78 is 38.1. The number of nitrogen functional groups attached to an aromatic ring is 1. The number of alkyl halides is 3. The fourth-order valence-corrected chi connectivity index (χ4v) is 1.38. The molecule has 0 aliphatic carbocycles. The summed E-state index contributed by atoms with van der Waals surface area (Å²) in [5.74, 6) is -0.554. The van der Waals surface area contributed by atoms with Crippen molar-refractivity contribution in [3.63, 3.8) is 0 Å². The number of hydrogen-bond acceptors (Lipinski definition) is 6. The maximum absolute atomic E-state index is 12.7. The highest BCUT2D eigenvalue weighted by atomic mass is 19.4. The summed E-state index contributed by atoms with van der Waals surface area (Å²) in [6.45, 7) is -0.0805. The molecule has 0 aliphatic heterocycles. The molecule has 2 atom stereocenters. The minimum absolute atomic E-state index is 0.0805. The van der Waals surface area contributed by atoms with Gasteiger partial charge in [0.25, 0.3) is 0 Å². The van der Waals surface area contributed by atoms with E-state index < -0.39 is 35.6 Å². The summed E-state index contributed by atoms with van der Waals surface area (Å²) in [5.41, 5.74) is 3.12. The van der Waals surface area contributed by atoms with Crippen LogP contribution < -0.4 is 11.1 Å². The Labute approximate surface area is 101 Å². The maximum Gasteiger partial charge on any atom is 0.433 e. The van der Waals surface area contributed by atoms with Gasteiger partial charge in [0.15, 0.2) is 5.69 Å². The average Bonchev–Trinajstić information content (AvgIpc) is 2.27. The molecule has 5 N–H and O–H groups in total. The Morgan fingerprint density at radius 2 is 2.06 bits per heavy atom. The number of hydrogen-bond donors (Lipinski definition) is 4. The van der Waals surface area contributed by atoms with E-state index in [0.717, 1.165) is 6.20 Å². The molecule has 0 spiro atoms. The van der Waals surface area contributed by atoms with Crippen molar-refractivity contribution in [2.24, 2.45) is 0 Å². The highest BCUT2D eigenvalue weighted by molar-refractivity contribution is 5.29. The molecular formula is C9H13F3N4O2. The minimum atomic E-state index is -4.78. The van der Waals surface area contributed by atoms with Crippen molar-refractivity contribution in [3.05, 3.63) is 17.5 Å². The molecule has 1 heterocycles. The van der Waals surface area contributed by atoms with Crippen LogP contribution in [0, 0.1) is 0 Å². The van der Waals surface area contributed by atoms with Crippen LogP contribution in [0.3, 0.4) is 0 Å². The molecule has 102 valence electrons. The third-order valence-electron chi connectivity index (χ3n) is 2.20. The monoisotopic (exact) mass is 266 g/mol. The third-order valence-corrected chi connectivity index (χ3v) is 2.20. The van der Waals surface area contributed by atoms with Gasteiger partial charge in [-0.2, -0.15) is 13.2 Å². The highest BCUT2D eigenvalue weighted by Crippen LogP contribution is 2.33. The molecule has 1 aromatic heterocycles. The predicted octanol–water partition coefficient (Wildman–Crippen LogP) is -0.309. The molecule has 1 aromatic rings. The average molecular weight is 266 g/mol. The van der Waals surface area contributed by atoms with Crippen LogP contribution in [-0.2, 0) is 6.18 Å². The van der Waals surface area contributed by atoms with Crippen molar-refractivity contribution in [1.82, 2.24) is 15.3 Å². The second-order valence-corrected chi connectivity index (χ2v) is 3.60. The number of likely N-dealkylation sites (N-methyl/N-ethyl adjacent to an activating group) is 1. The van der Waals surface area contributed by atoms with E-state index in [-0.39, 0.29) is 6.54 Å². The van der Waals surface area contributed by atoms with Crippen molar-refractivity contribution >= 4 is 5.95 Å². The number of nitrogens with one attached hydrogen (secondary N) is 1. The summed E-state index contributed by atoms with van der Waals surface area (Å²) in [4.78, 5) is 6.45. The van der Waals surface area contributed by atoms with Gasteiger partial charge in [0.2, 0.25) is 5.95 Å². The van der Waals surface area contributed by atoms with Crippen LogP contribution >= 0.6 is 0 Å². The van der Waals surface area contributed by atoms with Gasteiger partial charge < -0.3 is 21.3 Å². The molecule has 0 bridgehead atoms. The van der Waals surface area contributed by atoms with Crippen molar-refractivity contribution < 1.29 is 23.4 Å². The SMILES string of the molecule is CNCC(O)C(O)c1cnc(N)nc1C(F)(F)F. The first-order valence-corrected chi connectivity index (χ1v) is 4.97. The van der Waals surface area contributed by atoms with Gasteiger partial charge in [0, 0.05) is 18.3 Å². The lowest BCUT2D eigenvalue weighted by molar-refractivity contribution is -0.143. The molecule has 9 heteroatoms.